The highest BCUT2D eigenvalue weighted by Crippen LogP contribution is 2.16. The molecule has 2 N–H and O–H groups in total. The van der Waals surface area contributed by atoms with Crippen LogP contribution in [-0.4, -0.2) is 38.2 Å². The van der Waals surface area contributed by atoms with E-state index in [4.69, 9.17) is 4.74 Å². The smallest absolute Gasteiger partial charge is 0.240 e. The molecule has 1 aromatic carbocycles. The van der Waals surface area contributed by atoms with Gasteiger partial charge in [-0.3, -0.25) is 4.79 Å². The number of aromatic nitrogens is 2. The summed E-state index contributed by atoms with van der Waals surface area (Å²) in [7, 11) is -2.16. The van der Waals surface area contributed by atoms with Crippen molar-refractivity contribution in [3.63, 3.8) is 0 Å². The molecule has 0 fully saturated rings. The number of rotatable bonds is 8. The third-order valence-electron chi connectivity index (χ3n) is 3.03. The molecule has 1 amide bonds. The van der Waals surface area contributed by atoms with Gasteiger partial charge in [0.25, 0.3) is 0 Å². The number of aryl methyl sites for hydroxylation is 1. The van der Waals surface area contributed by atoms with Gasteiger partial charge in [0.2, 0.25) is 21.1 Å². The Labute approximate surface area is 144 Å². The Morgan fingerprint density at radius 2 is 1.96 bits per heavy atom. The quantitative estimate of drug-likeness (QED) is 0.727. The summed E-state index contributed by atoms with van der Waals surface area (Å²) >= 11 is 1.30. The number of amides is 1. The topological polar surface area (TPSA) is 110 Å². The first-order valence-electron chi connectivity index (χ1n) is 7.20. The molecule has 1 aromatic heterocycles. The minimum absolute atomic E-state index is 0.00355. The maximum absolute atomic E-state index is 12.1. The molecule has 0 aliphatic carbocycles. The molecule has 0 radical (unpaired) electrons. The van der Waals surface area contributed by atoms with E-state index in [0.29, 0.717) is 10.9 Å². The number of ether oxygens (including phenoxy) is 1. The van der Waals surface area contributed by atoms with Crippen molar-refractivity contribution < 1.29 is 17.9 Å². The van der Waals surface area contributed by atoms with E-state index in [-0.39, 0.29) is 23.8 Å². The summed E-state index contributed by atoms with van der Waals surface area (Å²) in [6.07, 6.45) is 0.742. The Bertz CT molecular complexity index is 787. The Kier molecular flexibility index (Phi) is 6.23. The molecule has 0 saturated carbocycles. The zero-order valence-electron chi connectivity index (χ0n) is 13.3. The molecular weight excluding hydrogens is 352 g/mol. The van der Waals surface area contributed by atoms with Crippen LogP contribution in [0, 0.1) is 0 Å². The summed E-state index contributed by atoms with van der Waals surface area (Å²) < 4.78 is 31.6. The number of carbonyl (C=O) groups excluding carboxylic acids is 1. The summed E-state index contributed by atoms with van der Waals surface area (Å²) in [4.78, 5) is 11.9. The van der Waals surface area contributed by atoms with Crippen LogP contribution in [0.25, 0.3) is 0 Å². The number of hydrogen-bond acceptors (Lipinski definition) is 7. The van der Waals surface area contributed by atoms with E-state index in [0.717, 1.165) is 11.4 Å². The number of carbonyl (C=O) groups is 1. The van der Waals surface area contributed by atoms with E-state index < -0.39 is 10.0 Å². The van der Waals surface area contributed by atoms with Crippen molar-refractivity contribution in [2.45, 2.75) is 24.7 Å². The zero-order chi connectivity index (χ0) is 17.6. The lowest BCUT2D eigenvalue weighted by atomic mass is 10.3. The van der Waals surface area contributed by atoms with Gasteiger partial charge in [0, 0.05) is 13.0 Å². The second-order valence-corrected chi connectivity index (χ2v) is 7.56. The molecule has 0 unspecified atom stereocenters. The van der Waals surface area contributed by atoms with Gasteiger partial charge in [-0.15, -0.1) is 10.2 Å². The molecule has 0 atom stereocenters. The van der Waals surface area contributed by atoms with Gasteiger partial charge in [-0.25, -0.2) is 13.1 Å². The number of methoxy groups -OCH3 is 1. The van der Waals surface area contributed by atoms with Gasteiger partial charge in [-0.1, -0.05) is 18.3 Å². The zero-order valence-corrected chi connectivity index (χ0v) is 14.9. The maximum Gasteiger partial charge on any atom is 0.240 e. The largest absolute Gasteiger partial charge is 0.497 e. The number of hydrogen-bond donors (Lipinski definition) is 2. The third-order valence-corrected chi connectivity index (χ3v) is 5.49. The van der Waals surface area contributed by atoms with Crippen LogP contribution in [0.2, 0.25) is 0 Å². The number of nitrogens with one attached hydrogen (secondary N) is 2. The molecule has 0 spiro atoms. The highest BCUT2D eigenvalue weighted by Gasteiger charge is 2.14. The molecule has 130 valence electrons. The molecule has 0 bridgehead atoms. The summed E-state index contributed by atoms with van der Waals surface area (Å²) in [5.41, 5.74) is 0. The first-order chi connectivity index (χ1) is 11.4. The normalized spacial score (nSPS) is 11.2. The Balaban J connectivity index is 1.84. The predicted molar refractivity (Wildman–Crippen MR) is 90.7 cm³/mol. The van der Waals surface area contributed by atoms with Gasteiger partial charge >= 0.3 is 0 Å². The standard InChI is InChI=1S/C14H18N4O4S2/c1-3-13-17-18-14(23-13)16-12(19)8-9-15-24(20,21)11-6-4-10(22-2)5-7-11/h4-7,15H,3,8-9H2,1-2H3,(H,16,18,19). The van der Waals surface area contributed by atoms with Gasteiger partial charge in [0.05, 0.1) is 12.0 Å². The molecule has 0 saturated heterocycles. The van der Waals surface area contributed by atoms with Gasteiger partial charge in [0.1, 0.15) is 10.8 Å². The molecule has 1 heterocycles. The SMILES string of the molecule is CCc1nnc(NC(=O)CCNS(=O)(=O)c2ccc(OC)cc2)s1. The first kappa shape index (κ1) is 18.3. The summed E-state index contributed by atoms with van der Waals surface area (Å²) in [6.45, 7) is 1.93. The third kappa shape index (κ3) is 4.98. The summed E-state index contributed by atoms with van der Waals surface area (Å²) in [5, 5.41) is 11.6. The monoisotopic (exact) mass is 370 g/mol. The van der Waals surface area contributed by atoms with Crippen LogP contribution in [0.5, 0.6) is 5.75 Å². The lowest BCUT2D eigenvalue weighted by Gasteiger charge is -2.07. The van der Waals surface area contributed by atoms with E-state index in [1.165, 1.54) is 30.6 Å². The molecule has 24 heavy (non-hydrogen) atoms. The van der Waals surface area contributed by atoms with Gasteiger partial charge in [-0.05, 0) is 30.7 Å². The number of benzene rings is 1. The van der Waals surface area contributed by atoms with Crippen LogP contribution >= 0.6 is 11.3 Å². The van der Waals surface area contributed by atoms with E-state index >= 15 is 0 Å². The summed E-state index contributed by atoms with van der Waals surface area (Å²) in [6, 6.07) is 5.99. The number of nitrogens with zero attached hydrogens (tertiary/aromatic N) is 2. The van der Waals surface area contributed by atoms with Crippen LogP contribution in [0.3, 0.4) is 0 Å². The Morgan fingerprint density at radius 1 is 1.25 bits per heavy atom. The molecule has 8 nitrogen and oxygen atoms in total. The molecule has 10 heteroatoms. The second kappa shape index (κ2) is 8.18. The molecule has 2 rings (SSSR count). The minimum atomic E-state index is -3.66. The van der Waals surface area contributed by atoms with E-state index in [2.05, 4.69) is 20.2 Å². The van der Waals surface area contributed by atoms with Crippen molar-refractivity contribution >= 4 is 32.4 Å². The average molecular weight is 370 g/mol. The Hall–Kier alpha value is -2.04. The van der Waals surface area contributed by atoms with Crippen LogP contribution in [0.4, 0.5) is 5.13 Å². The maximum atomic E-state index is 12.1. The van der Waals surface area contributed by atoms with E-state index in [1.807, 2.05) is 6.92 Å². The Morgan fingerprint density at radius 3 is 2.54 bits per heavy atom. The lowest BCUT2D eigenvalue weighted by molar-refractivity contribution is -0.116. The lowest BCUT2D eigenvalue weighted by Crippen LogP contribution is -2.27. The fourth-order valence-electron chi connectivity index (χ4n) is 1.77. The fourth-order valence-corrected chi connectivity index (χ4v) is 3.49. The molecule has 2 aromatic rings. The van der Waals surface area contributed by atoms with Crippen LogP contribution in [-0.2, 0) is 21.2 Å². The number of anilines is 1. The average Bonchev–Trinajstić information content (AvgIpc) is 3.02. The first-order valence-corrected chi connectivity index (χ1v) is 9.50. The van der Waals surface area contributed by atoms with Crippen molar-refractivity contribution in [2.75, 3.05) is 19.0 Å². The molecule has 0 aliphatic heterocycles. The molecule has 0 aliphatic rings. The van der Waals surface area contributed by atoms with E-state index in [1.54, 1.807) is 12.1 Å². The highest BCUT2D eigenvalue weighted by atomic mass is 32.2. The second-order valence-electron chi connectivity index (χ2n) is 4.73. The van der Waals surface area contributed by atoms with Crippen molar-refractivity contribution in [2.24, 2.45) is 0 Å². The van der Waals surface area contributed by atoms with E-state index in [9.17, 15) is 13.2 Å². The van der Waals surface area contributed by atoms with Gasteiger partial charge < -0.3 is 10.1 Å². The number of sulfonamides is 1. The van der Waals surface area contributed by atoms with Crippen LogP contribution < -0.4 is 14.8 Å². The van der Waals surface area contributed by atoms with Gasteiger partial charge in [-0.2, -0.15) is 0 Å². The van der Waals surface area contributed by atoms with Crippen molar-refractivity contribution in [3.8, 4) is 5.75 Å². The van der Waals surface area contributed by atoms with Crippen molar-refractivity contribution in [1.82, 2.24) is 14.9 Å². The predicted octanol–water partition coefficient (Wildman–Crippen LogP) is 1.42. The van der Waals surface area contributed by atoms with Gasteiger partial charge in [0.15, 0.2) is 0 Å². The minimum Gasteiger partial charge on any atom is -0.497 e. The van der Waals surface area contributed by atoms with Crippen LogP contribution in [0.15, 0.2) is 29.2 Å². The highest BCUT2D eigenvalue weighted by molar-refractivity contribution is 7.89. The summed E-state index contributed by atoms with van der Waals surface area (Å²) in [5.74, 6) is 0.239. The van der Waals surface area contributed by atoms with Crippen LogP contribution in [0.1, 0.15) is 18.4 Å². The van der Waals surface area contributed by atoms with Crippen molar-refractivity contribution in [3.05, 3.63) is 29.3 Å². The van der Waals surface area contributed by atoms with Crippen molar-refractivity contribution in [1.29, 1.82) is 0 Å². The fraction of sp³-hybridized carbons (Fsp3) is 0.357. The molecular formula is C14H18N4O4S2.